The molecule has 5 aromatic rings. The molecular formula is C31H20O. The second-order valence-corrected chi connectivity index (χ2v) is 7.61. The summed E-state index contributed by atoms with van der Waals surface area (Å²) < 4.78 is 0. The monoisotopic (exact) mass is 408 g/mol. The van der Waals surface area contributed by atoms with Gasteiger partial charge in [0.2, 0.25) is 0 Å². The van der Waals surface area contributed by atoms with Crippen molar-refractivity contribution < 1.29 is 4.79 Å². The molecule has 0 atom stereocenters. The summed E-state index contributed by atoms with van der Waals surface area (Å²) in [5.74, 6) is 6.59. The van der Waals surface area contributed by atoms with Crippen molar-refractivity contribution in [3.8, 4) is 34.1 Å². The summed E-state index contributed by atoms with van der Waals surface area (Å²) in [4.78, 5) is 12.0. The Kier molecular flexibility index (Phi) is 5.35. The van der Waals surface area contributed by atoms with Crippen LogP contribution < -0.4 is 0 Å². The highest BCUT2D eigenvalue weighted by molar-refractivity contribution is 5.92. The molecule has 0 fully saturated rings. The van der Waals surface area contributed by atoms with E-state index in [2.05, 4.69) is 54.3 Å². The Balaban J connectivity index is 1.70. The normalized spacial score (nSPS) is 10.4. The van der Waals surface area contributed by atoms with Gasteiger partial charge in [0.05, 0.1) is 0 Å². The Labute approximate surface area is 188 Å². The van der Waals surface area contributed by atoms with E-state index in [-0.39, 0.29) is 0 Å². The first-order valence-corrected chi connectivity index (χ1v) is 10.6. The molecule has 0 aliphatic carbocycles. The predicted molar refractivity (Wildman–Crippen MR) is 133 cm³/mol. The Morgan fingerprint density at radius 3 is 1.78 bits per heavy atom. The number of aldehydes is 1. The first kappa shape index (κ1) is 19.5. The maximum absolute atomic E-state index is 12.0. The number of rotatable bonds is 3. The van der Waals surface area contributed by atoms with Crippen LogP contribution in [0.15, 0.2) is 115 Å². The van der Waals surface area contributed by atoms with Crippen LogP contribution in [0.1, 0.15) is 21.5 Å². The maximum Gasteiger partial charge on any atom is 0.151 e. The van der Waals surface area contributed by atoms with Gasteiger partial charge in [0.1, 0.15) is 0 Å². The van der Waals surface area contributed by atoms with E-state index in [1.165, 1.54) is 0 Å². The highest BCUT2D eigenvalue weighted by Crippen LogP contribution is 2.34. The number of fused-ring (bicyclic) bond motifs is 1. The lowest BCUT2D eigenvalue weighted by molar-refractivity contribution is 0.112. The van der Waals surface area contributed by atoms with E-state index in [1.54, 1.807) is 0 Å². The number of hydrogen-bond acceptors (Lipinski definition) is 1. The lowest BCUT2D eigenvalue weighted by Crippen LogP contribution is -1.94. The minimum atomic E-state index is 0.594. The fourth-order valence-corrected chi connectivity index (χ4v) is 4.00. The summed E-state index contributed by atoms with van der Waals surface area (Å²) in [6.45, 7) is 0. The van der Waals surface area contributed by atoms with Gasteiger partial charge < -0.3 is 0 Å². The largest absolute Gasteiger partial charge is 0.298 e. The Hall–Kier alpha value is -4.41. The molecule has 0 aromatic heterocycles. The first-order chi connectivity index (χ1) is 15.8. The van der Waals surface area contributed by atoms with Gasteiger partial charge in [-0.1, -0.05) is 109 Å². The molecule has 0 amide bonds. The zero-order valence-electron chi connectivity index (χ0n) is 17.5. The number of carbonyl (C=O) groups excluding carboxylic acids is 1. The summed E-state index contributed by atoms with van der Waals surface area (Å²) in [5, 5.41) is 2.26. The van der Waals surface area contributed by atoms with Gasteiger partial charge in [-0.15, -0.1) is 0 Å². The van der Waals surface area contributed by atoms with Crippen LogP contribution in [0.5, 0.6) is 0 Å². The van der Waals surface area contributed by atoms with E-state index in [9.17, 15) is 4.79 Å². The molecule has 1 nitrogen and oxygen atoms in total. The van der Waals surface area contributed by atoms with Gasteiger partial charge >= 0.3 is 0 Å². The van der Waals surface area contributed by atoms with Crippen molar-refractivity contribution in [1.29, 1.82) is 0 Å². The van der Waals surface area contributed by atoms with Crippen molar-refractivity contribution in [2.45, 2.75) is 0 Å². The average Bonchev–Trinajstić information content (AvgIpc) is 2.88. The fourth-order valence-electron chi connectivity index (χ4n) is 4.00. The molecule has 5 rings (SSSR count). The van der Waals surface area contributed by atoms with E-state index in [0.29, 0.717) is 5.56 Å². The summed E-state index contributed by atoms with van der Waals surface area (Å²) in [7, 11) is 0. The van der Waals surface area contributed by atoms with Gasteiger partial charge in [0.25, 0.3) is 0 Å². The van der Waals surface area contributed by atoms with Gasteiger partial charge in [-0.3, -0.25) is 4.79 Å². The molecule has 150 valence electrons. The van der Waals surface area contributed by atoms with Crippen LogP contribution in [0, 0.1) is 11.8 Å². The van der Waals surface area contributed by atoms with Crippen LogP contribution in [0.2, 0.25) is 0 Å². The zero-order chi connectivity index (χ0) is 21.8. The topological polar surface area (TPSA) is 17.1 Å². The molecule has 0 saturated heterocycles. The summed E-state index contributed by atoms with van der Waals surface area (Å²) in [6, 6.07) is 38.7. The second kappa shape index (κ2) is 8.76. The van der Waals surface area contributed by atoms with Crippen LogP contribution in [-0.2, 0) is 0 Å². The summed E-state index contributed by atoms with van der Waals surface area (Å²) in [5.41, 5.74) is 6.52. The van der Waals surface area contributed by atoms with E-state index in [0.717, 1.165) is 50.4 Å². The fraction of sp³-hybridized carbons (Fsp3) is 0. The third-order valence-electron chi connectivity index (χ3n) is 5.61. The summed E-state index contributed by atoms with van der Waals surface area (Å²) >= 11 is 0. The smallest absolute Gasteiger partial charge is 0.151 e. The minimum Gasteiger partial charge on any atom is -0.298 e. The van der Waals surface area contributed by atoms with Crippen molar-refractivity contribution in [2.24, 2.45) is 0 Å². The first-order valence-electron chi connectivity index (χ1n) is 10.6. The van der Waals surface area contributed by atoms with E-state index < -0.39 is 0 Å². The summed E-state index contributed by atoms with van der Waals surface area (Å²) in [6.07, 6.45) is 0.897. The number of hydrogen-bond donors (Lipinski definition) is 0. The van der Waals surface area contributed by atoms with E-state index in [1.807, 2.05) is 72.8 Å². The zero-order valence-corrected chi connectivity index (χ0v) is 17.5. The Morgan fingerprint density at radius 2 is 1.09 bits per heavy atom. The van der Waals surface area contributed by atoms with Gasteiger partial charge in [-0.05, 0) is 51.2 Å². The molecule has 32 heavy (non-hydrogen) atoms. The third-order valence-corrected chi connectivity index (χ3v) is 5.61. The maximum atomic E-state index is 12.0. The molecule has 0 heterocycles. The quantitative estimate of drug-likeness (QED) is 0.225. The van der Waals surface area contributed by atoms with Crippen LogP contribution in [0.4, 0.5) is 0 Å². The molecule has 0 radical (unpaired) electrons. The van der Waals surface area contributed by atoms with Crippen LogP contribution in [0.3, 0.4) is 0 Å². The van der Waals surface area contributed by atoms with Crippen molar-refractivity contribution in [1.82, 2.24) is 0 Å². The minimum absolute atomic E-state index is 0.594. The predicted octanol–water partition coefficient (Wildman–Crippen LogP) is 7.39. The van der Waals surface area contributed by atoms with Crippen LogP contribution >= 0.6 is 0 Å². The molecule has 0 bridgehead atoms. The van der Waals surface area contributed by atoms with Crippen molar-refractivity contribution in [2.75, 3.05) is 0 Å². The molecule has 5 aromatic carbocycles. The second-order valence-electron chi connectivity index (χ2n) is 7.61. The van der Waals surface area contributed by atoms with E-state index >= 15 is 0 Å². The molecule has 1 heteroatoms. The van der Waals surface area contributed by atoms with Crippen LogP contribution in [-0.4, -0.2) is 6.29 Å². The van der Waals surface area contributed by atoms with Crippen molar-refractivity contribution in [3.05, 3.63) is 132 Å². The van der Waals surface area contributed by atoms with Crippen molar-refractivity contribution in [3.63, 3.8) is 0 Å². The van der Waals surface area contributed by atoms with Crippen LogP contribution in [0.25, 0.3) is 33.0 Å². The number of benzene rings is 5. The molecule has 0 spiro atoms. The lowest BCUT2D eigenvalue weighted by Gasteiger charge is -2.13. The molecule has 0 unspecified atom stereocenters. The highest BCUT2D eigenvalue weighted by atomic mass is 16.1. The van der Waals surface area contributed by atoms with E-state index in [4.69, 9.17) is 0 Å². The van der Waals surface area contributed by atoms with Gasteiger partial charge in [0.15, 0.2) is 6.29 Å². The Bertz CT molecular complexity index is 1460. The molecule has 0 saturated carbocycles. The lowest BCUT2D eigenvalue weighted by atomic mass is 9.90. The molecule has 0 N–H and O–H groups in total. The van der Waals surface area contributed by atoms with Crippen molar-refractivity contribution >= 4 is 17.1 Å². The molecular weight excluding hydrogens is 388 g/mol. The SMILES string of the molecule is O=Cc1cc(-c2ccccc2)c(-c2ccccc2)cc1C#Cc1cccc2ccccc12. The standard InChI is InChI=1S/C31H20O/c32-22-28-21-31(25-12-5-2-6-13-25)30(24-10-3-1-4-11-24)20-27(28)19-18-26-16-9-15-23-14-7-8-17-29(23)26/h1-17,20-22H. The molecule has 0 aliphatic heterocycles. The highest BCUT2D eigenvalue weighted by Gasteiger charge is 2.12. The Morgan fingerprint density at radius 1 is 0.531 bits per heavy atom. The van der Waals surface area contributed by atoms with Gasteiger partial charge in [-0.2, -0.15) is 0 Å². The van der Waals surface area contributed by atoms with Gasteiger partial charge in [0, 0.05) is 16.7 Å². The average molecular weight is 409 g/mol. The van der Waals surface area contributed by atoms with Gasteiger partial charge in [-0.25, -0.2) is 0 Å². The third kappa shape index (κ3) is 3.83. The molecule has 0 aliphatic rings. The number of carbonyl (C=O) groups is 1.